The zero-order valence-electron chi connectivity index (χ0n) is 10.8. The Hall–Kier alpha value is -1.31. The van der Waals surface area contributed by atoms with Gasteiger partial charge in [0.1, 0.15) is 10.7 Å². The van der Waals surface area contributed by atoms with Crippen molar-refractivity contribution in [3.63, 3.8) is 0 Å². The SMILES string of the molecule is Cc1cccc(N)c1S(=O)(=O)Nc1c(Cl)cc(F)cc1Br. The molecule has 0 saturated heterocycles. The smallest absolute Gasteiger partial charge is 0.264 e. The van der Waals surface area contributed by atoms with E-state index in [9.17, 15) is 12.8 Å². The van der Waals surface area contributed by atoms with Gasteiger partial charge in [0.2, 0.25) is 0 Å². The highest BCUT2D eigenvalue weighted by atomic mass is 79.9. The number of nitrogen functional groups attached to an aromatic ring is 1. The van der Waals surface area contributed by atoms with Gasteiger partial charge in [-0.25, -0.2) is 12.8 Å². The van der Waals surface area contributed by atoms with Crippen LogP contribution >= 0.6 is 27.5 Å². The number of sulfonamides is 1. The average molecular weight is 394 g/mol. The molecule has 0 spiro atoms. The minimum atomic E-state index is -3.94. The Morgan fingerprint density at radius 1 is 1.33 bits per heavy atom. The van der Waals surface area contributed by atoms with Crippen molar-refractivity contribution in [1.29, 1.82) is 0 Å². The molecular formula is C13H11BrClFN2O2S. The first kappa shape index (κ1) is 16.1. The van der Waals surface area contributed by atoms with E-state index in [4.69, 9.17) is 17.3 Å². The van der Waals surface area contributed by atoms with E-state index < -0.39 is 15.8 Å². The van der Waals surface area contributed by atoms with Crippen molar-refractivity contribution in [2.75, 3.05) is 10.5 Å². The minimum Gasteiger partial charge on any atom is -0.398 e. The maximum Gasteiger partial charge on any atom is 0.264 e. The summed E-state index contributed by atoms with van der Waals surface area (Å²) in [6.07, 6.45) is 0. The van der Waals surface area contributed by atoms with Gasteiger partial charge in [0, 0.05) is 4.47 Å². The second kappa shape index (κ2) is 5.82. The van der Waals surface area contributed by atoms with E-state index in [1.165, 1.54) is 6.07 Å². The van der Waals surface area contributed by atoms with E-state index in [0.717, 1.165) is 12.1 Å². The Balaban J connectivity index is 2.53. The molecule has 0 heterocycles. The lowest BCUT2D eigenvalue weighted by Crippen LogP contribution is -2.17. The normalized spacial score (nSPS) is 11.4. The monoisotopic (exact) mass is 392 g/mol. The van der Waals surface area contributed by atoms with E-state index in [1.807, 2.05) is 0 Å². The second-order valence-corrected chi connectivity index (χ2v) is 7.22. The fourth-order valence-corrected chi connectivity index (χ4v) is 4.41. The Morgan fingerprint density at radius 2 is 2.00 bits per heavy atom. The van der Waals surface area contributed by atoms with Crippen LogP contribution in [0.15, 0.2) is 39.7 Å². The van der Waals surface area contributed by atoms with Crippen LogP contribution in [0.1, 0.15) is 5.56 Å². The zero-order valence-corrected chi connectivity index (χ0v) is 14.0. The first-order valence-electron chi connectivity index (χ1n) is 5.75. The van der Waals surface area contributed by atoms with Crippen LogP contribution in [0.5, 0.6) is 0 Å². The second-order valence-electron chi connectivity index (χ2n) is 4.34. The van der Waals surface area contributed by atoms with Crippen molar-refractivity contribution in [3.05, 3.63) is 51.2 Å². The molecular weight excluding hydrogens is 383 g/mol. The van der Waals surface area contributed by atoms with Crippen LogP contribution in [0.3, 0.4) is 0 Å². The lowest BCUT2D eigenvalue weighted by Gasteiger charge is -2.14. The molecule has 0 aliphatic rings. The summed E-state index contributed by atoms with van der Waals surface area (Å²) in [5.41, 5.74) is 6.41. The highest BCUT2D eigenvalue weighted by Gasteiger charge is 2.22. The molecule has 0 amide bonds. The zero-order chi connectivity index (χ0) is 15.8. The van der Waals surface area contributed by atoms with Crippen molar-refractivity contribution in [3.8, 4) is 0 Å². The van der Waals surface area contributed by atoms with E-state index in [1.54, 1.807) is 19.1 Å². The summed E-state index contributed by atoms with van der Waals surface area (Å²) in [4.78, 5) is -0.0303. The molecule has 2 rings (SSSR count). The number of rotatable bonds is 3. The van der Waals surface area contributed by atoms with E-state index in [0.29, 0.717) is 5.56 Å². The maximum atomic E-state index is 13.2. The van der Waals surface area contributed by atoms with Gasteiger partial charge >= 0.3 is 0 Å². The molecule has 0 radical (unpaired) electrons. The molecule has 112 valence electrons. The van der Waals surface area contributed by atoms with Gasteiger partial charge in [-0.15, -0.1) is 0 Å². The Kier molecular flexibility index (Phi) is 4.46. The molecule has 8 heteroatoms. The predicted molar refractivity (Wildman–Crippen MR) is 85.5 cm³/mol. The van der Waals surface area contributed by atoms with Gasteiger partial charge in [-0.1, -0.05) is 23.7 Å². The first-order valence-corrected chi connectivity index (χ1v) is 8.40. The summed E-state index contributed by atoms with van der Waals surface area (Å²) in [6.45, 7) is 1.63. The van der Waals surface area contributed by atoms with Gasteiger partial charge < -0.3 is 5.73 Å². The fraction of sp³-hybridized carbons (Fsp3) is 0.0769. The molecule has 21 heavy (non-hydrogen) atoms. The van der Waals surface area contributed by atoms with Gasteiger partial charge in [-0.3, -0.25) is 4.72 Å². The number of nitrogens with two attached hydrogens (primary N) is 1. The van der Waals surface area contributed by atoms with Gasteiger partial charge in [-0.2, -0.15) is 0 Å². The van der Waals surface area contributed by atoms with Crippen LogP contribution in [-0.4, -0.2) is 8.42 Å². The summed E-state index contributed by atoms with van der Waals surface area (Å²) in [7, 11) is -3.94. The molecule has 2 aromatic carbocycles. The highest BCUT2D eigenvalue weighted by molar-refractivity contribution is 9.10. The molecule has 0 bridgehead atoms. The van der Waals surface area contributed by atoms with Crippen LogP contribution in [0.4, 0.5) is 15.8 Å². The molecule has 3 N–H and O–H groups in total. The van der Waals surface area contributed by atoms with Gasteiger partial charge in [0.25, 0.3) is 10.0 Å². The number of hydrogen-bond donors (Lipinski definition) is 2. The minimum absolute atomic E-state index is 0.0303. The Labute approximate surface area is 135 Å². The third-order valence-corrected chi connectivity index (χ3v) is 5.25. The molecule has 0 unspecified atom stereocenters. The maximum absolute atomic E-state index is 13.2. The van der Waals surface area contributed by atoms with Gasteiger partial charge in [0.15, 0.2) is 0 Å². The number of anilines is 2. The summed E-state index contributed by atoms with van der Waals surface area (Å²) < 4.78 is 40.6. The molecule has 0 atom stereocenters. The third-order valence-electron chi connectivity index (χ3n) is 2.75. The van der Waals surface area contributed by atoms with E-state index >= 15 is 0 Å². The standard InChI is InChI=1S/C13H11BrClFN2O2S/c1-7-3-2-4-11(17)13(7)21(19,20)18-12-9(14)5-8(16)6-10(12)15/h2-6,18H,17H2,1H3. The summed E-state index contributed by atoms with van der Waals surface area (Å²) in [6, 6.07) is 6.91. The van der Waals surface area contributed by atoms with Crippen molar-refractivity contribution >= 4 is 48.9 Å². The number of aryl methyl sites for hydroxylation is 1. The van der Waals surface area contributed by atoms with Crippen LogP contribution in [0.25, 0.3) is 0 Å². The lowest BCUT2D eigenvalue weighted by molar-refractivity contribution is 0.600. The van der Waals surface area contributed by atoms with Crippen molar-refractivity contribution in [1.82, 2.24) is 0 Å². The van der Waals surface area contributed by atoms with Crippen LogP contribution in [0.2, 0.25) is 5.02 Å². The van der Waals surface area contributed by atoms with Crippen molar-refractivity contribution in [2.45, 2.75) is 11.8 Å². The Bertz CT molecular complexity index is 769. The summed E-state index contributed by atoms with van der Waals surface area (Å²) >= 11 is 8.96. The molecule has 0 aliphatic heterocycles. The van der Waals surface area contributed by atoms with E-state index in [2.05, 4.69) is 20.7 Å². The quantitative estimate of drug-likeness (QED) is 0.776. The Morgan fingerprint density at radius 3 is 2.57 bits per heavy atom. The molecule has 0 aliphatic carbocycles. The van der Waals surface area contributed by atoms with Crippen LogP contribution < -0.4 is 10.5 Å². The largest absolute Gasteiger partial charge is 0.398 e. The predicted octanol–water partition coefficient (Wildman–Crippen LogP) is 3.93. The summed E-state index contributed by atoms with van der Waals surface area (Å²) in [5.74, 6) is -0.578. The van der Waals surface area contributed by atoms with Gasteiger partial charge in [0.05, 0.1) is 16.4 Å². The molecule has 0 fully saturated rings. The molecule has 0 saturated carbocycles. The molecule has 0 aromatic heterocycles. The fourth-order valence-electron chi connectivity index (χ4n) is 1.87. The number of nitrogens with one attached hydrogen (secondary N) is 1. The van der Waals surface area contributed by atoms with Crippen LogP contribution in [0, 0.1) is 12.7 Å². The molecule has 2 aromatic rings. The number of hydrogen-bond acceptors (Lipinski definition) is 3. The van der Waals surface area contributed by atoms with Gasteiger partial charge in [-0.05, 0) is 46.6 Å². The topological polar surface area (TPSA) is 72.2 Å². The van der Waals surface area contributed by atoms with Crippen LogP contribution in [-0.2, 0) is 10.0 Å². The number of benzene rings is 2. The average Bonchev–Trinajstić information content (AvgIpc) is 2.33. The number of halogens is 3. The highest BCUT2D eigenvalue weighted by Crippen LogP contribution is 2.34. The van der Waals surface area contributed by atoms with Crippen molar-refractivity contribution in [2.24, 2.45) is 0 Å². The molecule has 4 nitrogen and oxygen atoms in total. The lowest BCUT2D eigenvalue weighted by atomic mass is 10.2. The van der Waals surface area contributed by atoms with E-state index in [-0.39, 0.29) is 25.8 Å². The third kappa shape index (κ3) is 3.30. The first-order chi connectivity index (χ1) is 9.72. The van der Waals surface area contributed by atoms with Crippen molar-refractivity contribution < 1.29 is 12.8 Å². The summed E-state index contributed by atoms with van der Waals surface area (Å²) in [5, 5.41) is -0.0578.